The van der Waals surface area contributed by atoms with Crippen LogP contribution in [-0.4, -0.2) is 11.2 Å². The minimum Gasteiger partial charge on any atom is -0.393 e. The average molecular weight is 139 g/mol. The van der Waals surface area contributed by atoms with Crippen molar-refractivity contribution in [3.63, 3.8) is 0 Å². The molecule has 0 radical (unpaired) electrons. The van der Waals surface area contributed by atoms with Gasteiger partial charge < -0.3 is 5.11 Å². The molecule has 0 aliphatic heterocycles. The van der Waals surface area contributed by atoms with Crippen LogP contribution in [0.25, 0.3) is 0 Å². The lowest BCUT2D eigenvalue weighted by molar-refractivity contribution is 0.164. The molecule has 1 fully saturated rings. The van der Waals surface area contributed by atoms with Crippen LogP contribution in [0.4, 0.5) is 0 Å². The van der Waals surface area contributed by atoms with Crippen molar-refractivity contribution in [2.75, 3.05) is 0 Å². The van der Waals surface area contributed by atoms with Gasteiger partial charge in [-0.1, -0.05) is 0 Å². The zero-order valence-corrected chi connectivity index (χ0v) is 6.25. The zero-order valence-electron chi connectivity index (χ0n) is 6.25. The Morgan fingerprint density at radius 1 is 1.80 bits per heavy atom. The number of aliphatic hydroxyl groups excluding tert-OH is 1. The number of nitrogens with zero attached hydrogens (tertiary/aromatic N) is 1. The van der Waals surface area contributed by atoms with E-state index in [1.165, 1.54) is 0 Å². The van der Waals surface area contributed by atoms with Gasteiger partial charge in [0.25, 0.3) is 0 Å². The van der Waals surface area contributed by atoms with E-state index in [1.807, 2.05) is 6.92 Å². The van der Waals surface area contributed by atoms with Crippen LogP contribution in [0.2, 0.25) is 0 Å². The molecule has 0 aromatic carbocycles. The summed E-state index contributed by atoms with van der Waals surface area (Å²) in [7, 11) is 0. The van der Waals surface area contributed by atoms with E-state index in [0.717, 1.165) is 12.8 Å². The second-order valence-electron chi connectivity index (χ2n) is 3.10. The summed E-state index contributed by atoms with van der Waals surface area (Å²) in [5, 5.41) is 17.3. The first-order chi connectivity index (χ1) is 4.75. The summed E-state index contributed by atoms with van der Waals surface area (Å²) in [6.07, 6.45) is 2.59. The first kappa shape index (κ1) is 7.56. The molecule has 1 N–H and O–H groups in total. The van der Waals surface area contributed by atoms with E-state index >= 15 is 0 Å². The van der Waals surface area contributed by atoms with Crippen molar-refractivity contribution < 1.29 is 5.11 Å². The predicted octanol–water partition coefficient (Wildman–Crippen LogP) is 1.31. The van der Waals surface area contributed by atoms with Gasteiger partial charge in [0.15, 0.2) is 0 Å². The fourth-order valence-corrected chi connectivity index (χ4v) is 1.44. The fourth-order valence-electron chi connectivity index (χ4n) is 1.44. The monoisotopic (exact) mass is 139 g/mol. The SMILES string of the molecule is C[C@H](O)[C@H]1C[C@H]1CCC#N. The first-order valence-corrected chi connectivity index (χ1v) is 3.80. The summed E-state index contributed by atoms with van der Waals surface area (Å²) in [5.74, 6) is 1.13. The second kappa shape index (κ2) is 3.03. The number of nitriles is 1. The van der Waals surface area contributed by atoms with E-state index in [-0.39, 0.29) is 6.10 Å². The summed E-state index contributed by atoms with van der Waals surface area (Å²) in [5.41, 5.74) is 0. The smallest absolute Gasteiger partial charge is 0.0621 e. The molecule has 0 unspecified atom stereocenters. The predicted molar refractivity (Wildman–Crippen MR) is 38.1 cm³/mol. The van der Waals surface area contributed by atoms with E-state index in [4.69, 9.17) is 10.4 Å². The van der Waals surface area contributed by atoms with Crippen LogP contribution in [0.1, 0.15) is 26.2 Å². The van der Waals surface area contributed by atoms with Crippen LogP contribution >= 0.6 is 0 Å². The maximum absolute atomic E-state index is 9.08. The largest absolute Gasteiger partial charge is 0.393 e. The van der Waals surface area contributed by atoms with Gasteiger partial charge in [-0.25, -0.2) is 0 Å². The molecule has 0 heterocycles. The lowest BCUT2D eigenvalue weighted by Gasteiger charge is -1.99. The van der Waals surface area contributed by atoms with Crippen LogP contribution in [0, 0.1) is 23.2 Å². The number of hydrogen-bond acceptors (Lipinski definition) is 2. The van der Waals surface area contributed by atoms with E-state index in [1.54, 1.807) is 0 Å². The third-order valence-corrected chi connectivity index (χ3v) is 2.22. The Morgan fingerprint density at radius 2 is 2.50 bits per heavy atom. The average Bonchev–Trinajstić information content (AvgIpc) is 2.62. The highest BCUT2D eigenvalue weighted by Gasteiger charge is 2.39. The molecular formula is C8H13NO. The standard InChI is InChI=1S/C8H13NO/c1-6(10)8-5-7(8)3-2-4-9/h6-8,10H,2-3,5H2,1H3/t6-,7+,8+/m0/s1. The van der Waals surface area contributed by atoms with Crippen molar-refractivity contribution in [3.05, 3.63) is 0 Å². The third-order valence-electron chi connectivity index (χ3n) is 2.22. The normalized spacial score (nSPS) is 32.9. The molecule has 3 atom stereocenters. The highest BCUT2D eigenvalue weighted by molar-refractivity contribution is 4.91. The summed E-state index contributed by atoms with van der Waals surface area (Å²) in [6.45, 7) is 1.83. The molecule has 0 saturated heterocycles. The maximum atomic E-state index is 9.08. The van der Waals surface area contributed by atoms with Gasteiger partial charge in [-0.05, 0) is 31.6 Å². The molecule has 10 heavy (non-hydrogen) atoms. The Morgan fingerprint density at radius 3 is 2.90 bits per heavy atom. The Hall–Kier alpha value is -0.550. The minimum atomic E-state index is -0.163. The summed E-state index contributed by atoms with van der Waals surface area (Å²) in [4.78, 5) is 0. The number of hydrogen-bond donors (Lipinski definition) is 1. The summed E-state index contributed by atoms with van der Waals surface area (Å²) in [6, 6.07) is 2.12. The molecule has 0 aromatic heterocycles. The minimum absolute atomic E-state index is 0.163. The molecular weight excluding hydrogens is 126 g/mol. The molecule has 56 valence electrons. The van der Waals surface area contributed by atoms with Crippen molar-refractivity contribution in [3.8, 4) is 6.07 Å². The quantitative estimate of drug-likeness (QED) is 0.640. The molecule has 1 rings (SSSR count). The third kappa shape index (κ3) is 1.71. The van der Waals surface area contributed by atoms with Gasteiger partial charge >= 0.3 is 0 Å². The van der Waals surface area contributed by atoms with Crippen molar-refractivity contribution >= 4 is 0 Å². The van der Waals surface area contributed by atoms with E-state index in [0.29, 0.717) is 18.3 Å². The molecule has 2 nitrogen and oxygen atoms in total. The molecule has 2 heteroatoms. The molecule has 0 spiro atoms. The lowest BCUT2D eigenvalue weighted by atomic mass is 10.1. The Balaban J connectivity index is 2.09. The highest BCUT2D eigenvalue weighted by atomic mass is 16.3. The molecule has 1 aliphatic rings. The molecule has 0 amide bonds. The second-order valence-corrected chi connectivity index (χ2v) is 3.10. The van der Waals surface area contributed by atoms with E-state index < -0.39 is 0 Å². The lowest BCUT2D eigenvalue weighted by Crippen LogP contribution is -2.03. The van der Waals surface area contributed by atoms with Gasteiger partial charge in [-0.3, -0.25) is 0 Å². The van der Waals surface area contributed by atoms with Gasteiger partial charge in [0.1, 0.15) is 0 Å². The van der Waals surface area contributed by atoms with Crippen molar-refractivity contribution in [1.82, 2.24) is 0 Å². The Labute approximate surface area is 61.5 Å². The number of rotatable bonds is 3. The van der Waals surface area contributed by atoms with Crippen LogP contribution < -0.4 is 0 Å². The van der Waals surface area contributed by atoms with Gasteiger partial charge in [0.05, 0.1) is 12.2 Å². The summed E-state index contributed by atoms with van der Waals surface area (Å²) < 4.78 is 0. The van der Waals surface area contributed by atoms with Crippen LogP contribution in [-0.2, 0) is 0 Å². The maximum Gasteiger partial charge on any atom is 0.0621 e. The van der Waals surface area contributed by atoms with Crippen LogP contribution in [0.15, 0.2) is 0 Å². The molecule has 0 aromatic rings. The van der Waals surface area contributed by atoms with Crippen molar-refractivity contribution in [2.45, 2.75) is 32.3 Å². The van der Waals surface area contributed by atoms with Crippen LogP contribution in [0.3, 0.4) is 0 Å². The fraction of sp³-hybridized carbons (Fsp3) is 0.875. The highest BCUT2D eigenvalue weighted by Crippen LogP contribution is 2.44. The van der Waals surface area contributed by atoms with Gasteiger partial charge in [0, 0.05) is 6.42 Å². The Kier molecular flexibility index (Phi) is 2.29. The van der Waals surface area contributed by atoms with Gasteiger partial charge in [0.2, 0.25) is 0 Å². The number of aliphatic hydroxyl groups is 1. The summed E-state index contributed by atoms with van der Waals surface area (Å²) >= 11 is 0. The van der Waals surface area contributed by atoms with Crippen molar-refractivity contribution in [1.29, 1.82) is 5.26 Å². The van der Waals surface area contributed by atoms with E-state index in [2.05, 4.69) is 6.07 Å². The van der Waals surface area contributed by atoms with Crippen molar-refractivity contribution in [2.24, 2.45) is 11.8 Å². The molecule has 1 saturated carbocycles. The first-order valence-electron chi connectivity index (χ1n) is 3.80. The van der Waals surface area contributed by atoms with Gasteiger partial charge in [-0.2, -0.15) is 5.26 Å². The van der Waals surface area contributed by atoms with E-state index in [9.17, 15) is 0 Å². The molecule has 0 bridgehead atoms. The van der Waals surface area contributed by atoms with Gasteiger partial charge in [-0.15, -0.1) is 0 Å². The Bertz CT molecular complexity index is 148. The topological polar surface area (TPSA) is 44.0 Å². The zero-order chi connectivity index (χ0) is 7.56. The molecule has 1 aliphatic carbocycles. The van der Waals surface area contributed by atoms with Crippen LogP contribution in [0.5, 0.6) is 0 Å².